The number of nitrogens with zero attached hydrogens (tertiary/aromatic N) is 1. The van der Waals surface area contributed by atoms with E-state index in [1.807, 2.05) is 38.1 Å². The molecule has 1 aromatic carbocycles. The van der Waals surface area contributed by atoms with Gasteiger partial charge in [-0.25, -0.2) is 9.78 Å². The highest BCUT2D eigenvalue weighted by molar-refractivity contribution is 7.13. The van der Waals surface area contributed by atoms with Crippen molar-refractivity contribution in [2.45, 2.75) is 33.1 Å². The molecular weight excluding hydrogens is 286 g/mol. The van der Waals surface area contributed by atoms with Gasteiger partial charge in [0.2, 0.25) is 0 Å². The molecule has 2 aromatic rings. The summed E-state index contributed by atoms with van der Waals surface area (Å²) in [6, 6.07) is 7.94. The lowest BCUT2D eigenvalue weighted by molar-refractivity contribution is 0.0701. The van der Waals surface area contributed by atoms with Crippen molar-refractivity contribution in [1.29, 1.82) is 0 Å². The third-order valence-electron chi connectivity index (χ3n) is 3.10. The summed E-state index contributed by atoms with van der Waals surface area (Å²) in [5, 5.41) is 9.97. The van der Waals surface area contributed by atoms with Crippen LogP contribution in [0.4, 0.5) is 0 Å². The van der Waals surface area contributed by atoms with Gasteiger partial charge in [0.25, 0.3) is 0 Å². The normalized spacial score (nSPS) is 10.6. The first-order valence-electron chi connectivity index (χ1n) is 7.01. The van der Waals surface area contributed by atoms with Crippen LogP contribution in [-0.2, 0) is 12.8 Å². The molecule has 0 aliphatic carbocycles. The molecule has 0 spiro atoms. The highest BCUT2D eigenvalue weighted by Gasteiger charge is 2.15. The molecule has 1 aromatic heterocycles. The van der Waals surface area contributed by atoms with Gasteiger partial charge < -0.3 is 9.84 Å². The minimum atomic E-state index is -0.883. The second-order valence-electron chi connectivity index (χ2n) is 4.81. The van der Waals surface area contributed by atoms with Crippen molar-refractivity contribution in [3.8, 4) is 5.75 Å². The Bertz CT molecular complexity index is 604. The Kier molecular flexibility index (Phi) is 5.33. The van der Waals surface area contributed by atoms with E-state index in [1.54, 1.807) is 0 Å². The number of thiazole rings is 1. The number of carboxylic acids is 1. The van der Waals surface area contributed by atoms with Gasteiger partial charge in [0.15, 0.2) is 0 Å². The van der Waals surface area contributed by atoms with Gasteiger partial charge in [-0.1, -0.05) is 24.6 Å². The maximum atomic E-state index is 11.1. The molecule has 0 amide bonds. The maximum Gasteiger partial charge on any atom is 0.347 e. The smallest absolute Gasteiger partial charge is 0.347 e. The molecule has 0 saturated carbocycles. The quantitative estimate of drug-likeness (QED) is 0.792. The van der Waals surface area contributed by atoms with Crippen molar-refractivity contribution in [1.82, 2.24) is 4.98 Å². The first-order valence-corrected chi connectivity index (χ1v) is 7.83. The standard InChI is InChI=1S/C16H19NO3S/c1-3-13-15(16(18)19)21-14(17-13)5-4-10-20-12-8-6-11(2)7-9-12/h6-9H,3-5,10H2,1-2H3,(H,18,19). The van der Waals surface area contributed by atoms with E-state index in [1.165, 1.54) is 16.9 Å². The van der Waals surface area contributed by atoms with Gasteiger partial charge in [-0.2, -0.15) is 0 Å². The van der Waals surface area contributed by atoms with Crippen LogP contribution in [0.25, 0.3) is 0 Å². The largest absolute Gasteiger partial charge is 0.494 e. The first kappa shape index (κ1) is 15.5. The topological polar surface area (TPSA) is 59.4 Å². The van der Waals surface area contributed by atoms with E-state index in [0.717, 1.165) is 23.6 Å². The number of rotatable bonds is 7. The van der Waals surface area contributed by atoms with Gasteiger partial charge in [-0.05, 0) is 31.9 Å². The summed E-state index contributed by atoms with van der Waals surface area (Å²) in [7, 11) is 0. The lowest BCUT2D eigenvalue weighted by Crippen LogP contribution is -1.99. The molecule has 2 rings (SSSR count). The van der Waals surface area contributed by atoms with Gasteiger partial charge >= 0.3 is 5.97 Å². The van der Waals surface area contributed by atoms with Crippen molar-refractivity contribution < 1.29 is 14.6 Å². The summed E-state index contributed by atoms with van der Waals surface area (Å²) >= 11 is 1.27. The highest BCUT2D eigenvalue weighted by atomic mass is 32.1. The van der Waals surface area contributed by atoms with E-state index < -0.39 is 5.97 Å². The first-order chi connectivity index (χ1) is 10.1. The van der Waals surface area contributed by atoms with Crippen LogP contribution in [0.1, 0.15) is 39.3 Å². The predicted molar refractivity (Wildman–Crippen MR) is 83.4 cm³/mol. The fourth-order valence-corrected chi connectivity index (χ4v) is 3.00. The van der Waals surface area contributed by atoms with Gasteiger partial charge in [0, 0.05) is 6.42 Å². The van der Waals surface area contributed by atoms with Crippen LogP contribution < -0.4 is 4.74 Å². The molecular formula is C16H19NO3S. The summed E-state index contributed by atoms with van der Waals surface area (Å²) in [6.45, 7) is 4.57. The molecule has 0 unspecified atom stereocenters. The number of hydrogen-bond acceptors (Lipinski definition) is 4. The summed E-state index contributed by atoms with van der Waals surface area (Å²) in [6.07, 6.45) is 2.22. The van der Waals surface area contributed by atoms with Crippen LogP contribution in [0.3, 0.4) is 0 Å². The maximum absolute atomic E-state index is 11.1. The zero-order chi connectivity index (χ0) is 15.2. The Labute approximate surface area is 128 Å². The van der Waals surface area contributed by atoms with Crippen molar-refractivity contribution in [2.24, 2.45) is 0 Å². The number of aryl methyl sites for hydroxylation is 3. The lowest BCUT2D eigenvalue weighted by Gasteiger charge is -2.05. The van der Waals surface area contributed by atoms with E-state index in [2.05, 4.69) is 4.98 Å². The molecule has 0 saturated heterocycles. The molecule has 0 fully saturated rings. The number of aromatic nitrogens is 1. The molecule has 0 radical (unpaired) electrons. The Morgan fingerprint density at radius 2 is 2.05 bits per heavy atom. The van der Waals surface area contributed by atoms with E-state index in [0.29, 0.717) is 23.6 Å². The summed E-state index contributed by atoms with van der Waals surface area (Å²) in [4.78, 5) is 15.8. The third-order valence-corrected chi connectivity index (χ3v) is 4.24. The number of carbonyl (C=O) groups is 1. The number of benzene rings is 1. The third kappa shape index (κ3) is 4.29. The number of ether oxygens (including phenoxy) is 1. The van der Waals surface area contributed by atoms with Crippen LogP contribution in [0.2, 0.25) is 0 Å². The Hall–Kier alpha value is -1.88. The Balaban J connectivity index is 1.83. The molecule has 112 valence electrons. The lowest BCUT2D eigenvalue weighted by atomic mass is 10.2. The number of carboxylic acid groups (broad SMARTS) is 1. The molecule has 5 heteroatoms. The van der Waals surface area contributed by atoms with Crippen LogP contribution >= 0.6 is 11.3 Å². The van der Waals surface area contributed by atoms with Gasteiger partial charge in [-0.3, -0.25) is 0 Å². The van der Waals surface area contributed by atoms with E-state index >= 15 is 0 Å². The zero-order valence-electron chi connectivity index (χ0n) is 12.3. The SMILES string of the molecule is CCc1nc(CCCOc2ccc(C)cc2)sc1C(=O)O. The molecule has 1 N–H and O–H groups in total. The van der Waals surface area contributed by atoms with Crippen LogP contribution in [0.15, 0.2) is 24.3 Å². The Morgan fingerprint density at radius 3 is 2.62 bits per heavy atom. The predicted octanol–water partition coefficient (Wildman–Crippen LogP) is 3.72. The molecule has 0 atom stereocenters. The summed E-state index contributed by atoms with van der Waals surface area (Å²) in [5.74, 6) is -0.0216. The van der Waals surface area contributed by atoms with E-state index in [-0.39, 0.29) is 0 Å². The Morgan fingerprint density at radius 1 is 1.33 bits per heavy atom. The van der Waals surface area contributed by atoms with Crippen molar-refractivity contribution in [3.63, 3.8) is 0 Å². The van der Waals surface area contributed by atoms with Gasteiger partial charge in [0.05, 0.1) is 17.3 Å². The van der Waals surface area contributed by atoms with Crippen LogP contribution in [0, 0.1) is 6.92 Å². The molecule has 1 heterocycles. The average molecular weight is 305 g/mol. The second-order valence-corrected chi connectivity index (χ2v) is 5.89. The monoisotopic (exact) mass is 305 g/mol. The molecule has 4 nitrogen and oxygen atoms in total. The van der Waals surface area contributed by atoms with Crippen LogP contribution in [-0.4, -0.2) is 22.7 Å². The highest BCUT2D eigenvalue weighted by Crippen LogP contribution is 2.20. The van der Waals surface area contributed by atoms with Gasteiger partial charge in [0.1, 0.15) is 10.6 Å². The fraction of sp³-hybridized carbons (Fsp3) is 0.375. The zero-order valence-corrected chi connectivity index (χ0v) is 13.1. The molecule has 0 bridgehead atoms. The minimum absolute atomic E-state index is 0.368. The van der Waals surface area contributed by atoms with Gasteiger partial charge in [-0.15, -0.1) is 11.3 Å². The summed E-state index contributed by atoms with van der Waals surface area (Å²) < 4.78 is 5.65. The van der Waals surface area contributed by atoms with Crippen LogP contribution in [0.5, 0.6) is 5.75 Å². The average Bonchev–Trinajstić information content (AvgIpc) is 2.89. The molecule has 21 heavy (non-hydrogen) atoms. The molecule has 0 aliphatic rings. The number of aromatic carboxylic acids is 1. The van der Waals surface area contributed by atoms with E-state index in [4.69, 9.17) is 9.84 Å². The van der Waals surface area contributed by atoms with E-state index in [9.17, 15) is 4.79 Å². The van der Waals surface area contributed by atoms with Crippen molar-refractivity contribution >= 4 is 17.3 Å². The van der Waals surface area contributed by atoms with Crippen molar-refractivity contribution in [2.75, 3.05) is 6.61 Å². The van der Waals surface area contributed by atoms with Crippen molar-refractivity contribution in [3.05, 3.63) is 45.4 Å². The molecule has 0 aliphatic heterocycles. The second kappa shape index (κ2) is 7.22. The number of hydrogen-bond donors (Lipinski definition) is 1. The summed E-state index contributed by atoms with van der Waals surface area (Å²) in [5.41, 5.74) is 1.89. The minimum Gasteiger partial charge on any atom is -0.494 e. The fourth-order valence-electron chi connectivity index (χ4n) is 1.96.